The Labute approximate surface area is 116 Å². The van der Waals surface area contributed by atoms with Crippen LogP contribution in [0.5, 0.6) is 0 Å². The fraction of sp³-hybridized carbons (Fsp3) is 0.286. The van der Waals surface area contributed by atoms with Gasteiger partial charge in [-0.3, -0.25) is 0 Å². The molecule has 0 aliphatic carbocycles. The van der Waals surface area contributed by atoms with Gasteiger partial charge in [0, 0.05) is 17.1 Å². The smallest absolute Gasteiger partial charge is 0.356 e. The lowest BCUT2D eigenvalue weighted by molar-refractivity contribution is 0.0691. The Hall–Kier alpha value is -1.88. The molecule has 2 heterocycles. The largest absolute Gasteiger partial charge is 0.476 e. The van der Waals surface area contributed by atoms with Crippen LogP contribution in [0.1, 0.15) is 29.2 Å². The zero-order valence-electron chi connectivity index (χ0n) is 10.9. The number of carbonyl (C=O) groups is 1. The van der Waals surface area contributed by atoms with E-state index in [9.17, 15) is 9.90 Å². The maximum absolute atomic E-state index is 11.3. The van der Waals surface area contributed by atoms with E-state index in [0.29, 0.717) is 12.2 Å². The molecule has 0 saturated carbocycles. The molecule has 0 amide bonds. The molecular formula is C14H16N2O2S. The molecule has 0 atom stereocenters. The molecule has 0 unspecified atom stereocenters. The van der Waals surface area contributed by atoms with Gasteiger partial charge in [-0.05, 0) is 37.4 Å². The Balaban J connectivity index is 2.36. The molecule has 2 aromatic heterocycles. The van der Waals surface area contributed by atoms with Crippen LogP contribution in [0.3, 0.4) is 0 Å². The van der Waals surface area contributed by atoms with Crippen molar-refractivity contribution in [1.82, 2.24) is 4.98 Å². The van der Waals surface area contributed by atoms with Crippen molar-refractivity contribution in [2.45, 2.75) is 26.4 Å². The second kappa shape index (κ2) is 5.84. The van der Waals surface area contributed by atoms with Gasteiger partial charge < -0.3 is 10.0 Å². The van der Waals surface area contributed by atoms with Crippen LogP contribution in [0.15, 0.2) is 35.8 Å². The van der Waals surface area contributed by atoms with E-state index in [4.69, 9.17) is 0 Å². The van der Waals surface area contributed by atoms with E-state index in [1.165, 1.54) is 11.1 Å². The summed E-state index contributed by atoms with van der Waals surface area (Å²) in [6.45, 7) is 4.79. The Bertz CT molecular complexity index is 552. The topological polar surface area (TPSA) is 53.4 Å². The number of rotatable bonds is 5. The summed E-state index contributed by atoms with van der Waals surface area (Å²) in [4.78, 5) is 18.5. The third-order valence-corrected chi connectivity index (χ3v) is 3.69. The third kappa shape index (κ3) is 3.12. The highest BCUT2D eigenvalue weighted by atomic mass is 32.1. The summed E-state index contributed by atoms with van der Waals surface area (Å²) in [6, 6.07) is 7.83. The van der Waals surface area contributed by atoms with Crippen LogP contribution in [0.4, 0.5) is 5.69 Å². The Morgan fingerprint density at radius 3 is 2.79 bits per heavy atom. The fourth-order valence-electron chi connectivity index (χ4n) is 1.91. The van der Waals surface area contributed by atoms with Gasteiger partial charge in [0.25, 0.3) is 0 Å². The molecule has 5 heteroatoms. The monoisotopic (exact) mass is 276 g/mol. The Morgan fingerprint density at radius 1 is 1.42 bits per heavy atom. The minimum atomic E-state index is -0.993. The van der Waals surface area contributed by atoms with Crippen molar-refractivity contribution in [2.75, 3.05) is 4.90 Å². The van der Waals surface area contributed by atoms with E-state index in [2.05, 4.69) is 16.0 Å². The number of pyridine rings is 1. The molecule has 19 heavy (non-hydrogen) atoms. The van der Waals surface area contributed by atoms with Crippen molar-refractivity contribution < 1.29 is 9.90 Å². The van der Waals surface area contributed by atoms with Crippen molar-refractivity contribution in [2.24, 2.45) is 0 Å². The quantitative estimate of drug-likeness (QED) is 0.910. The summed E-state index contributed by atoms with van der Waals surface area (Å²) in [7, 11) is 0. The van der Waals surface area contributed by atoms with Gasteiger partial charge in [-0.1, -0.05) is 6.07 Å². The zero-order chi connectivity index (χ0) is 13.8. The molecule has 0 aromatic carbocycles. The van der Waals surface area contributed by atoms with Crippen molar-refractivity contribution >= 4 is 23.0 Å². The van der Waals surface area contributed by atoms with E-state index in [1.807, 2.05) is 31.4 Å². The molecular weight excluding hydrogens is 260 g/mol. The lowest BCUT2D eigenvalue weighted by Gasteiger charge is -2.29. The number of carboxylic acid groups (broad SMARTS) is 1. The summed E-state index contributed by atoms with van der Waals surface area (Å²) in [6.07, 6.45) is 1.51. The molecule has 0 radical (unpaired) electrons. The lowest BCUT2D eigenvalue weighted by atomic mass is 10.2. The van der Waals surface area contributed by atoms with Crippen LogP contribution < -0.4 is 4.90 Å². The van der Waals surface area contributed by atoms with Gasteiger partial charge in [0.15, 0.2) is 5.69 Å². The molecule has 1 N–H and O–H groups in total. The predicted octanol–water partition coefficient (Wildman–Crippen LogP) is 3.26. The van der Waals surface area contributed by atoms with Gasteiger partial charge in [0.2, 0.25) is 0 Å². The number of anilines is 1. The summed E-state index contributed by atoms with van der Waals surface area (Å²) < 4.78 is 0. The van der Waals surface area contributed by atoms with Gasteiger partial charge in [-0.25, -0.2) is 9.78 Å². The van der Waals surface area contributed by atoms with Gasteiger partial charge in [0.1, 0.15) is 0 Å². The first-order valence-electron chi connectivity index (χ1n) is 6.07. The predicted molar refractivity (Wildman–Crippen MR) is 76.8 cm³/mol. The highest BCUT2D eigenvalue weighted by molar-refractivity contribution is 7.09. The van der Waals surface area contributed by atoms with E-state index in [0.717, 1.165) is 0 Å². The standard InChI is InChI=1S/C14H16N2O2S/c1-10(2)16(9-11-5-4-8-19-11)12-6-3-7-15-13(12)14(17)18/h3-8,10H,9H2,1-2H3,(H,17,18). The molecule has 4 nitrogen and oxygen atoms in total. The molecule has 100 valence electrons. The maximum atomic E-state index is 11.3. The number of aromatic carboxylic acids is 1. The highest BCUT2D eigenvalue weighted by Crippen LogP contribution is 2.24. The number of hydrogen-bond acceptors (Lipinski definition) is 4. The van der Waals surface area contributed by atoms with Crippen LogP contribution >= 0.6 is 11.3 Å². The minimum Gasteiger partial charge on any atom is -0.476 e. The van der Waals surface area contributed by atoms with E-state index < -0.39 is 5.97 Å². The van der Waals surface area contributed by atoms with Gasteiger partial charge in [-0.15, -0.1) is 11.3 Å². The second-order valence-electron chi connectivity index (χ2n) is 4.48. The number of nitrogens with zero attached hydrogens (tertiary/aromatic N) is 2. The summed E-state index contributed by atoms with van der Waals surface area (Å²) in [5.41, 5.74) is 0.770. The molecule has 0 saturated heterocycles. The molecule has 0 aliphatic heterocycles. The van der Waals surface area contributed by atoms with E-state index in [1.54, 1.807) is 17.4 Å². The number of carboxylic acids is 1. The molecule has 2 rings (SSSR count). The van der Waals surface area contributed by atoms with Crippen LogP contribution in [0, 0.1) is 0 Å². The fourth-order valence-corrected chi connectivity index (χ4v) is 2.61. The Morgan fingerprint density at radius 2 is 2.21 bits per heavy atom. The van der Waals surface area contributed by atoms with E-state index >= 15 is 0 Å². The molecule has 0 aliphatic rings. The Kier molecular flexibility index (Phi) is 4.16. The first kappa shape index (κ1) is 13.5. The second-order valence-corrected chi connectivity index (χ2v) is 5.51. The molecule has 0 bridgehead atoms. The first-order chi connectivity index (χ1) is 9.09. The zero-order valence-corrected chi connectivity index (χ0v) is 11.7. The highest BCUT2D eigenvalue weighted by Gasteiger charge is 2.19. The first-order valence-corrected chi connectivity index (χ1v) is 6.95. The normalized spacial score (nSPS) is 10.7. The average Bonchev–Trinajstić information content (AvgIpc) is 2.88. The maximum Gasteiger partial charge on any atom is 0.356 e. The van der Waals surface area contributed by atoms with Crippen LogP contribution in [-0.4, -0.2) is 22.1 Å². The van der Waals surface area contributed by atoms with Gasteiger partial charge >= 0.3 is 5.97 Å². The van der Waals surface area contributed by atoms with Gasteiger partial charge in [-0.2, -0.15) is 0 Å². The number of thiophene rings is 1. The summed E-state index contributed by atoms with van der Waals surface area (Å²) in [5.74, 6) is -0.993. The van der Waals surface area contributed by atoms with Crippen LogP contribution in [0.2, 0.25) is 0 Å². The van der Waals surface area contributed by atoms with Crippen molar-refractivity contribution in [3.8, 4) is 0 Å². The molecule has 0 spiro atoms. The van der Waals surface area contributed by atoms with Crippen molar-refractivity contribution in [3.63, 3.8) is 0 Å². The third-order valence-electron chi connectivity index (χ3n) is 2.83. The number of hydrogen-bond donors (Lipinski definition) is 1. The molecule has 2 aromatic rings. The lowest BCUT2D eigenvalue weighted by Crippen LogP contribution is -2.31. The molecule has 0 fully saturated rings. The van der Waals surface area contributed by atoms with Crippen LogP contribution in [0.25, 0.3) is 0 Å². The van der Waals surface area contributed by atoms with Crippen LogP contribution in [-0.2, 0) is 6.54 Å². The summed E-state index contributed by atoms with van der Waals surface area (Å²) in [5, 5.41) is 11.3. The summed E-state index contributed by atoms with van der Waals surface area (Å²) >= 11 is 1.67. The average molecular weight is 276 g/mol. The minimum absolute atomic E-state index is 0.104. The number of aromatic nitrogens is 1. The van der Waals surface area contributed by atoms with Crippen molar-refractivity contribution in [3.05, 3.63) is 46.4 Å². The van der Waals surface area contributed by atoms with E-state index in [-0.39, 0.29) is 11.7 Å². The SMILES string of the molecule is CC(C)N(Cc1cccs1)c1cccnc1C(=O)O. The van der Waals surface area contributed by atoms with Gasteiger partial charge in [0.05, 0.1) is 12.2 Å². The van der Waals surface area contributed by atoms with Crippen molar-refractivity contribution in [1.29, 1.82) is 0 Å².